The minimum absolute atomic E-state index is 0.0313. The van der Waals surface area contributed by atoms with Crippen molar-refractivity contribution in [3.8, 4) is 0 Å². The van der Waals surface area contributed by atoms with Crippen LogP contribution in [0.1, 0.15) is 33.6 Å². The lowest BCUT2D eigenvalue weighted by atomic mass is 9.83. The van der Waals surface area contributed by atoms with Crippen molar-refractivity contribution in [1.82, 2.24) is 5.32 Å². The van der Waals surface area contributed by atoms with Crippen LogP contribution in [0.5, 0.6) is 0 Å². The van der Waals surface area contributed by atoms with Crippen molar-refractivity contribution >= 4 is 5.91 Å². The van der Waals surface area contributed by atoms with Crippen molar-refractivity contribution in [2.24, 2.45) is 5.92 Å². The van der Waals surface area contributed by atoms with Crippen LogP contribution in [-0.2, 0) is 9.53 Å². The molecule has 2 fully saturated rings. The molecule has 2 aliphatic heterocycles. The molecule has 0 aromatic heterocycles. The fourth-order valence-corrected chi connectivity index (χ4v) is 1.64. The van der Waals surface area contributed by atoms with Crippen molar-refractivity contribution in [2.75, 3.05) is 13.2 Å². The molecule has 1 amide bonds. The third-order valence-electron chi connectivity index (χ3n) is 2.65. The zero-order valence-corrected chi connectivity index (χ0v) is 8.72. The minimum Gasteiger partial charge on any atom is -0.376 e. The molecule has 13 heavy (non-hydrogen) atoms. The van der Waals surface area contributed by atoms with Crippen LogP contribution in [0, 0.1) is 5.92 Å². The zero-order valence-electron chi connectivity index (χ0n) is 8.72. The molecule has 2 saturated heterocycles. The first-order valence-electron chi connectivity index (χ1n) is 5.12. The Morgan fingerprint density at radius 3 is 2.46 bits per heavy atom. The van der Waals surface area contributed by atoms with Gasteiger partial charge in [0.15, 0.2) is 0 Å². The molecule has 76 valence electrons. The quantitative estimate of drug-likeness (QED) is 0.618. The molecule has 0 radical (unpaired) electrons. The van der Waals surface area contributed by atoms with Gasteiger partial charge in [-0.2, -0.15) is 0 Å². The van der Waals surface area contributed by atoms with Gasteiger partial charge in [0.05, 0.1) is 18.8 Å². The first-order valence-corrected chi connectivity index (χ1v) is 5.12. The topological polar surface area (TPSA) is 38.3 Å². The Balaban J connectivity index is 0.000000396. The van der Waals surface area contributed by atoms with Crippen LogP contribution in [-0.4, -0.2) is 24.7 Å². The van der Waals surface area contributed by atoms with E-state index in [1.54, 1.807) is 0 Å². The van der Waals surface area contributed by atoms with Gasteiger partial charge in [0.25, 0.3) is 0 Å². The second-order valence-electron chi connectivity index (χ2n) is 3.70. The number of nitrogens with one attached hydrogen (secondary N) is 1. The van der Waals surface area contributed by atoms with E-state index < -0.39 is 0 Å². The number of hydrogen-bond acceptors (Lipinski definition) is 2. The van der Waals surface area contributed by atoms with Gasteiger partial charge in [-0.05, 0) is 12.8 Å². The third kappa shape index (κ3) is 2.02. The van der Waals surface area contributed by atoms with E-state index in [9.17, 15) is 4.79 Å². The Bertz CT molecular complexity index is 187. The summed E-state index contributed by atoms with van der Waals surface area (Å²) in [5.74, 6) is 0.390. The molecule has 3 heteroatoms. The van der Waals surface area contributed by atoms with Crippen LogP contribution in [0.2, 0.25) is 0 Å². The van der Waals surface area contributed by atoms with Crippen molar-refractivity contribution in [1.29, 1.82) is 0 Å². The SMILES string of the molecule is CC.CC1CCC2(COC2)NC1=O. The average Bonchev–Trinajstić information content (AvgIpc) is 2.11. The van der Waals surface area contributed by atoms with E-state index in [4.69, 9.17) is 4.74 Å². The minimum atomic E-state index is 0.0313. The summed E-state index contributed by atoms with van der Waals surface area (Å²) in [4.78, 5) is 11.2. The summed E-state index contributed by atoms with van der Waals surface area (Å²) in [5.41, 5.74) is 0.0313. The Hall–Kier alpha value is -0.570. The second-order valence-corrected chi connectivity index (χ2v) is 3.70. The van der Waals surface area contributed by atoms with Crippen molar-refractivity contribution in [3.05, 3.63) is 0 Å². The molecule has 2 aliphatic rings. The number of amides is 1. The molecular formula is C10H19NO2. The second kappa shape index (κ2) is 4.09. The molecule has 0 aromatic rings. The van der Waals surface area contributed by atoms with Crippen LogP contribution in [0.4, 0.5) is 0 Å². The van der Waals surface area contributed by atoms with Crippen molar-refractivity contribution in [2.45, 2.75) is 39.2 Å². The van der Waals surface area contributed by atoms with Gasteiger partial charge in [0, 0.05) is 5.92 Å². The number of ether oxygens (including phenoxy) is 1. The highest BCUT2D eigenvalue weighted by Gasteiger charge is 2.43. The predicted molar refractivity (Wildman–Crippen MR) is 51.4 cm³/mol. The Morgan fingerprint density at radius 1 is 1.46 bits per heavy atom. The fraction of sp³-hybridized carbons (Fsp3) is 0.900. The molecule has 1 spiro atoms. The molecule has 2 heterocycles. The number of piperidine rings is 1. The highest BCUT2D eigenvalue weighted by Crippen LogP contribution is 2.29. The Morgan fingerprint density at radius 2 is 2.08 bits per heavy atom. The highest BCUT2D eigenvalue weighted by molar-refractivity contribution is 5.80. The normalized spacial score (nSPS) is 29.8. The van der Waals surface area contributed by atoms with E-state index in [0.29, 0.717) is 13.2 Å². The van der Waals surface area contributed by atoms with Gasteiger partial charge in [-0.3, -0.25) is 4.79 Å². The fourth-order valence-electron chi connectivity index (χ4n) is 1.64. The molecule has 1 unspecified atom stereocenters. The zero-order chi connectivity index (χ0) is 9.90. The van der Waals surface area contributed by atoms with Gasteiger partial charge in [0.1, 0.15) is 0 Å². The largest absolute Gasteiger partial charge is 0.376 e. The summed E-state index contributed by atoms with van der Waals surface area (Å²) in [7, 11) is 0. The first-order chi connectivity index (χ1) is 6.22. The van der Waals surface area contributed by atoms with Crippen LogP contribution in [0.25, 0.3) is 0 Å². The highest BCUT2D eigenvalue weighted by atomic mass is 16.5. The number of carbonyl (C=O) groups is 1. The molecule has 1 atom stereocenters. The third-order valence-corrected chi connectivity index (χ3v) is 2.65. The van der Waals surface area contributed by atoms with Crippen LogP contribution < -0.4 is 5.32 Å². The van der Waals surface area contributed by atoms with E-state index >= 15 is 0 Å². The Labute approximate surface area is 79.8 Å². The monoisotopic (exact) mass is 185 g/mol. The van der Waals surface area contributed by atoms with Crippen molar-refractivity contribution in [3.63, 3.8) is 0 Å². The molecule has 0 aliphatic carbocycles. The molecule has 0 aromatic carbocycles. The smallest absolute Gasteiger partial charge is 0.223 e. The maximum Gasteiger partial charge on any atom is 0.223 e. The van der Waals surface area contributed by atoms with Crippen LogP contribution in [0.15, 0.2) is 0 Å². The van der Waals surface area contributed by atoms with E-state index in [1.165, 1.54) is 0 Å². The maximum absolute atomic E-state index is 11.2. The predicted octanol–water partition coefficient (Wildman–Crippen LogP) is 1.33. The van der Waals surface area contributed by atoms with Crippen molar-refractivity contribution < 1.29 is 9.53 Å². The van der Waals surface area contributed by atoms with E-state index in [2.05, 4.69) is 5.32 Å². The summed E-state index contributed by atoms with van der Waals surface area (Å²) < 4.78 is 5.08. The van der Waals surface area contributed by atoms with Gasteiger partial charge in [-0.15, -0.1) is 0 Å². The number of carbonyl (C=O) groups excluding carboxylic acids is 1. The Kier molecular flexibility index (Phi) is 3.31. The van der Waals surface area contributed by atoms with Gasteiger partial charge in [-0.1, -0.05) is 20.8 Å². The van der Waals surface area contributed by atoms with E-state index in [1.807, 2.05) is 20.8 Å². The van der Waals surface area contributed by atoms with E-state index in [-0.39, 0.29) is 17.4 Å². The summed E-state index contributed by atoms with van der Waals surface area (Å²) >= 11 is 0. The molecule has 0 bridgehead atoms. The average molecular weight is 185 g/mol. The van der Waals surface area contributed by atoms with Crippen LogP contribution in [0.3, 0.4) is 0 Å². The van der Waals surface area contributed by atoms with Gasteiger partial charge in [-0.25, -0.2) is 0 Å². The maximum atomic E-state index is 11.2. The molecule has 1 N–H and O–H groups in total. The molecule has 0 saturated carbocycles. The summed E-state index contributed by atoms with van der Waals surface area (Å²) in [5, 5.41) is 3.02. The molecular weight excluding hydrogens is 166 g/mol. The summed E-state index contributed by atoms with van der Waals surface area (Å²) in [6.45, 7) is 7.40. The summed E-state index contributed by atoms with van der Waals surface area (Å²) in [6.07, 6.45) is 2.09. The van der Waals surface area contributed by atoms with E-state index in [0.717, 1.165) is 12.8 Å². The molecule has 2 rings (SSSR count). The number of hydrogen-bond donors (Lipinski definition) is 1. The summed E-state index contributed by atoms with van der Waals surface area (Å²) in [6, 6.07) is 0. The first kappa shape index (κ1) is 10.5. The van der Waals surface area contributed by atoms with Crippen LogP contribution >= 0.6 is 0 Å². The molecule has 3 nitrogen and oxygen atoms in total. The van der Waals surface area contributed by atoms with Gasteiger partial charge in [0.2, 0.25) is 5.91 Å². The van der Waals surface area contributed by atoms with Gasteiger partial charge >= 0.3 is 0 Å². The number of rotatable bonds is 0. The lowest BCUT2D eigenvalue weighted by Crippen LogP contribution is -2.65. The standard InChI is InChI=1S/C8H13NO2.C2H6/c1-6-2-3-8(4-11-5-8)9-7(6)10;1-2/h6H,2-5H2,1H3,(H,9,10);1-2H3. The van der Waals surface area contributed by atoms with Gasteiger partial charge < -0.3 is 10.1 Å². The lowest BCUT2D eigenvalue weighted by molar-refractivity contribution is -0.143. The lowest BCUT2D eigenvalue weighted by Gasteiger charge is -2.46.